The Morgan fingerprint density at radius 1 is 1.18 bits per heavy atom. The number of nitrogens with one attached hydrogen (secondary N) is 3. The Bertz CT molecular complexity index is 929. The van der Waals surface area contributed by atoms with E-state index in [4.69, 9.17) is 4.74 Å². The molecule has 10 heteroatoms. The highest BCUT2D eigenvalue weighted by Crippen LogP contribution is 2.28. The van der Waals surface area contributed by atoms with Crippen LogP contribution in [0.25, 0.3) is 0 Å². The first-order chi connectivity index (χ1) is 13.2. The predicted octanol–water partition coefficient (Wildman–Crippen LogP) is 0.809. The van der Waals surface area contributed by atoms with Gasteiger partial charge in [0.25, 0.3) is 5.69 Å². The van der Waals surface area contributed by atoms with Gasteiger partial charge in [-0.15, -0.1) is 0 Å². The third kappa shape index (κ3) is 4.97. The molecule has 2 rings (SSSR count). The van der Waals surface area contributed by atoms with Gasteiger partial charge in [0.15, 0.2) is 0 Å². The summed E-state index contributed by atoms with van der Waals surface area (Å²) in [6.07, 6.45) is 0. The van der Waals surface area contributed by atoms with E-state index in [1.807, 2.05) is 38.4 Å². The summed E-state index contributed by atoms with van der Waals surface area (Å²) >= 11 is 0. The second-order valence-electron chi connectivity index (χ2n) is 6.43. The first-order valence-corrected chi connectivity index (χ1v) is 10.1. The molecule has 0 aromatic heterocycles. The average molecular weight is 409 g/mol. The lowest BCUT2D eigenvalue weighted by Crippen LogP contribution is -3.06. The third-order valence-electron chi connectivity index (χ3n) is 4.46. The van der Waals surface area contributed by atoms with Gasteiger partial charge in [0.05, 0.1) is 37.6 Å². The van der Waals surface area contributed by atoms with E-state index in [1.54, 1.807) is 7.11 Å². The number of likely N-dealkylation sites (N-methyl/N-ethyl adjacent to an activating group) is 1. The van der Waals surface area contributed by atoms with Gasteiger partial charge in [-0.3, -0.25) is 10.1 Å². The Morgan fingerprint density at radius 3 is 2.32 bits per heavy atom. The number of nitro benzene ring substituents is 1. The highest BCUT2D eigenvalue weighted by Gasteiger charge is 2.23. The summed E-state index contributed by atoms with van der Waals surface area (Å²) in [6.45, 7) is 0.424. The summed E-state index contributed by atoms with van der Waals surface area (Å²) in [7, 11) is 3.08. The van der Waals surface area contributed by atoms with E-state index in [0.717, 1.165) is 22.3 Å². The SMILES string of the molecule is CNS(=O)(=O)c1ccc(NC[C@H](c2ccc(OC)cc2)[NH+](C)C)c([N+](=O)[O-])c1. The molecule has 1 atom stereocenters. The molecular weight excluding hydrogens is 384 g/mol. The first kappa shape index (κ1) is 21.6. The number of quaternary nitrogens is 1. The average Bonchev–Trinajstić information content (AvgIpc) is 2.68. The lowest BCUT2D eigenvalue weighted by atomic mass is 10.1. The maximum atomic E-state index is 11.9. The van der Waals surface area contributed by atoms with Crippen molar-refractivity contribution < 1.29 is 23.0 Å². The fraction of sp³-hybridized carbons (Fsp3) is 0.333. The smallest absolute Gasteiger partial charge is 0.293 e. The summed E-state index contributed by atoms with van der Waals surface area (Å²) in [6, 6.07) is 11.5. The summed E-state index contributed by atoms with van der Waals surface area (Å²) in [5.74, 6) is 0.751. The monoisotopic (exact) mass is 409 g/mol. The van der Waals surface area contributed by atoms with Crippen molar-refractivity contribution in [3.05, 3.63) is 58.1 Å². The minimum Gasteiger partial charge on any atom is -0.497 e. The molecule has 0 radical (unpaired) electrons. The van der Waals surface area contributed by atoms with Gasteiger partial charge in [0.1, 0.15) is 17.5 Å². The van der Waals surface area contributed by atoms with Crippen LogP contribution in [0.2, 0.25) is 0 Å². The van der Waals surface area contributed by atoms with Gasteiger partial charge < -0.3 is 15.0 Å². The topological polar surface area (TPSA) is 115 Å². The molecule has 0 amide bonds. The van der Waals surface area contributed by atoms with Crippen molar-refractivity contribution in [1.82, 2.24) is 4.72 Å². The Kier molecular flexibility index (Phi) is 6.95. The van der Waals surface area contributed by atoms with E-state index < -0.39 is 14.9 Å². The van der Waals surface area contributed by atoms with Gasteiger partial charge in [0.2, 0.25) is 10.0 Å². The molecule has 0 fully saturated rings. The molecule has 0 saturated carbocycles. The van der Waals surface area contributed by atoms with E-state index >= 15 is 0 Å². The fourth-order valence-corrected chi connectivity index (χ4v) is 3.55. The second-order valence-corrected chi connectivity index (χ2v) is 8.31. The van der Waals surface area contributed by atoms with Crippen molar-refractivity contribution in [3.8, 4) is 5.75 Å². The lowest BCUT2D eigenvalue weighted by molar-refractivity contribution is -0.890. The molecule has 0 aliphatic carbocycles. The van der Waals surface area contributed by atoms with E-state index in [0.29, 0.717) is 6.54 Å². The van der Waals surface area contributed by atoms with E-state index in [9.17, 15) is 18.5 Å². The van der Waals surface area contributed by atoms with Crippen molar-refractivity contribution in [2.45, 2.75) is 10.9 Å². The molecule has 2 aromatic carbocycles. The van der Waals surface area contributed by atoms with Crippen molar-refractivity contribution in [1.29, 1.82) is 0 Å². The van der Waals surface area contributed by atoms with Gasteiger partial charge in [-0.1, -0.05) is 0 Å². The number of hydrogen-bond acceptors (Lipinski definition) is 6. The molecule has 0 heterocycles. The number of ether oxygens (including phenoxy) is 1. The summed E-state index contributed by atoms with van der Waals surface area (Å²) < 4.78 is 31.2. The van der Waals surface area contributed by atoms with Gasteiger partial charge in [-0.25, -0.2) is 13.1 Å². The summed E-state index contributed by atoms with van der Waals surface area (Å²) in [4.78, 5) is 11.8. The number of hydrogen-bond donors (Lipinski definition) is 3. The third-order valence-corrected chi connectivity index (χ3v) is 5.87. The van der Waals surface area contributed by atoms with Crippen LogP contribution in [0.1, 0.15) is 11.6 Å². The molecule has 28 heavy (non-hydrogen) atoms. The van der Waals surface area contributed by atoms with Crippen LogP contribution in [0.5, 0.6) is 5.75 Å². The lowest BCUT2D eigenvalue weighted by Gasteiger charge is -2.23. The zero-order chi connectivity index (χ0) is 20.9. The van der Waals surface area contributed by atoms with Crippen molar-refractivity contribution in [2.24, 2.45) is 0 Å². The standard InChI is InChI=1S/C18H24N4O5S/c1-19-28(25,26)15-9-10-16(17(11-15)22(23)24)20-12-18(21(2)3)13-5-7-14(27-4)8-6-13/h5-11,18-20H,12H2,1-4H3/p+1/t18-/m1/s1. The van der Waals surface area contributed by atoms with E-state index in [1.165, 1.54) is 19.2 Å². The predicted molar refractivity (Wildman–Crippen MR) is 106 cm³/mol. The Balaban J connectivity index is 2.28. The molecule has 0 saturated heterocycles. The fourth-order valence-electron chi connectivity index (χ4n) is 2.80. The van der Waals surface area contributed by atoms with Gasteiger partial charge in [-0.2, -0.15) is 0 Å². The van der Waals surface area contributed by atoms with Gasteiger partial charge in [-0.05, 0) is 43.4 Å². The van der Waals surface area contributed by atoms with E-state index in [-0.39, 0.29) is 22.3 Å². The maximum absolute atomic E-state index is 11.9. The highest BCUT2D eigenvalue weighted by molar-refractivity contribution is 7.89. The Labute approximate surface area is 164 Å². The molecule has 2 aromatic rings. The molecule has 0 aliphatic rings. The Morgan fingerprint density at radius 2 is 1.82 bits per heavy atom. The van der Waals surface area contributed by atoms with Gasteiger partial charge >= 0.3 is 0 Å². The summed E-state index contributed by atoms with van der Waals surface area (Å²) in [5.41, 5.74) is 1.02. The molecule has 152 valence electrons. The molecule has 0 aliphatic heterocycles. The van der Waals surface area contributed by atoms with Crippen molar-refractivity contribution >= 4 is 21.4 Å². The van der Waals surface area contributed by atoms with Crippen LogP contribution in [-0.4, -0.2) is 48.1 Å². The largest absolute Gasteiger partial charge is 0.497 e. The van der Waals surface area contributed by atoms with Crippen LogP contribution in [0.15, 0.2) is 47.4 Å². The molecule has 9 nitrogen and oxygen atoms in total. The maximum Gasteiger partial charge on any atom is 0.293 e. The molecule has 0 spiro atoms. The molecular formula is C18H25N4O5S+. The van der Waals surface area contributed by atoms with Crippen LogP contribution in [0, 0.1) is 10.1 Å². The van der Waals surface area contributed by atoms with E-state index in [2.05, 4.69) is 10.0 Å². The highest BCUT2D eigenvalue weighted by atomic mass is 32.2. The number of benzene rings is 2. The normalized spacial score (nSPS) is 12.6. The number of anilines is 1. The number of rotatable bonds is 9. The van der Waals surface area contributed by atoms with Crippen LogP contribution >= 0.6 is 0 Å². The zero-order valence-corrected chi connectivity index (χ0v) is 17.0. The molecule has 3 N–H and O–H groups in total. The number of methoxy groups -OCH3 is 1. The minimum atomic E-state index is -3.76. The van der Waals surface area contributed by atoms with Crippen molar-refractivity contribution in [2.75, 3.05) is 40.1 Å². The molecule has 0 unspecified atom stereocenters. The first-order valence-electron chi connectivity index (χ1n) is 8.59. The quantitative estimate of drug-likeness (QED) is 0.417. The summed E-state index contributed by atoms with van der Waals surface area (Å²) in [5, 5.41) is 14.5. The number of nitrogens with zero attached hydrogens (tertiary/aromatic N) is 1. The van der Waals surface area contributed by atoms with Crippen LogP contribution in [0.3, 0.4) is 0 Å². The van der Waals surface area contributed by atoms with Crippen LogP contribution in [0.4, 0.5) is 11.4 Å². The van der Waals surface area contributed by atoms with Crippen LogP contribution in [-0.2, 0) is 10.0 Å². The number of nitro groups is 1. The van der Waals surface area contributed by atoms with Crippen LogP contribution < -0.4 is 19.7 Å². The Hall–Kier alpha value is -2.69. The zero-order valence-electron chi connectivity index (χ0n) is 16.2. The van der Waals surface area contributed by atoms with Gasteiger partial charge in [0, 0.05) is 11.6 Å². The van der Waals surface area contributed by atoms with Crippen molar-refractivity contribution in [3.63, 3.8) is 0 Å². The second kappa shape index (κ2) is 9.00. The number of sulfonamides is 1. The molecule has 0 bridgehead atoms. The minimum absolute atomic E-state index is 0.0197.